The predicted octanol–water partition coefficient (Wildman–Crippen LogP) is 4.17. The van der Waals surface area contributed by atoms with Gasteiger partial charge in [-0.3, -0.25) is 9.59 Å². The number of amidine groups is 1. The summed E-state index contributed by atoms with van der Waals surface area (Å²) in [5.74, 6) is -0.389. The maximum atomic E-state index is 13.9. The first kappa shape index (κ1) is 20.9. The Morgan fingerprint density at radius 2 is 2.10 bits per heavy atom. The normalized spacial score (nSPS) is 14.7. The van der Waals surface area contributed by atoms with Crippen molar-refractivity contribution >= 4 is 46.4 Å². The van der Waals surface area contributed by atoms with E-state index in [1.807, 2.05) is 0 Å². The fourth-order valence-corrected chi connectivity index (χ4v) is 3.56. The number of amides is 2. The smallest absolute Gasteiger partial charge is 0.286 e. The summed E-state index contributed by atoms with van der Waals surface area (Å²) in [5.41, 5.74) is 0.922. The van der Waals surface area contributed by atoms with Crippen LogP contribution in [0.1, 0.15) is 18.1 Å². The molecule has 0 saturated heterocycles. The number of aliphatic imine (C=N–C) groups is 1. The van der Waals surface area contributed by atoms with E-state index in [2.05, 4.69) is 10.3 Å². The van der Waals surface area contributed by atoms with Crippen molar-refractivity contribution in [2.45, 2.75) is 13.5 Å². The molecule has 3 rings (SSSR count). The van der Waals surface area contributed by atoms with E-state index in [9.17, 15) is 14.0 Å². The number of rotatable bonds is 5. The molecule has 1 aliphatic heterocycles. The van der Waals surface area contributed by atoms with Crippen LogP contribution in [0.4, 0.5) is 4.39 Å². The van der Waals surface area contributed by atoms with Crippen molar-refractivity contribution in [3.05, 3.63) is 63.3 Å². The van der Waals surface area contributed by atoms with Crippen LogP contribution in [0, 0.1) is 5.82 Å². The molecule has 0 aliphatic carbocycles. The summed E-state index contributed by atoms with van der Waals surface area (Å²) >= 11 is 7.09. The monoisotopic (exact) mass is 434 g/mol. The van der Waals surface area contributed by atoms with Crippen LogP contribution in [-0.4, -0.2) is 24.1 Å². The van der Waals surface area contributed by atoms with Crippen LogP contribution >= 0.6 is 23.4 Å². The van der Waals surface area contributed by atoms with Gasteiger partial charge in [0.1, 0.15) is 12.4 Å². The topological polar surface area (TPSA) is 77.0 Å². The van der Waals surface area contributed by atoms with Crippen molar-refractivity contribution in [1.29, 1.82) is 0 Å². The van der Waals surface area contributed by atoms with E-state index in [1.54, 1.807) is 30.3 Å². The number of halogens is 2. The van der Waals surface area contributed by atoms with Crippen molar-refractivity contribution in [1.82, 2.24) is 5.32 Å². The Balaban J connectivity index is 1.76. The average Bonchev–Trinajstić information content (AvgIpc) is 3.00. The fraction of sp³-hybridized carbons (Fsp3) is 0.150. The van der Waals surface area contributed by atoms with Crippen LogP contribution in [-0.2, 0) is 16.2 Å². The minimum atomic E-state index is -0.454. The van der Waals surface area contributed by atoms with Crippen LogP contribution in [0.5, 0.6) is 11.5 Å². The quantitative estimate of drug-likeness (QED) is 0.714. The molecule has 0 atom stereocenters. The third-order valence-corrected chi connectivity index (χ3v) is 5.08. The van der Waals surface area contributed by atoms with Gasteiger partial charge in [-0.2, -0.15) is 4.99 Å². The molecular formula is C20H16ClFN2O4S. The molecule has 0 spiro atoms. The third kappa shape index (κ3) is 5.16. The summed E-state index contributed by atoms with van der Waals surface area (Å²) in [6, 6.07) is 9.47. The molecule has 2 aromatic carbocycles. The first-order valence-electron chi connectivity index (χ1n) is 8.41. The molecule has 0 radical (unpaired) electrons. The molecule has 2 amide bonds. The Morgan fingerprint density at radius 3 is 2.79 bits per heavy atom. The average molecular weight is 435 g/mol. The summed E-state index contributed by atoms with van der Waals surface area (Å²) in [4.78, 5) is 27.2. The lowest BCUT2D eigenvalue weighted by molar-refractivity contribution is -0.117. The molecule has 0 fully saturated rings. The highest BCUT2D eigenvalue weighted by atomic mass is 35.5. The largest absolute Gasteiger partial charge is 0.493 e. The maximum Gasteiger partial charge on any atom is 0.286 e. The van der Waals surface area contributed by atoms with Crippen LogP contribution in [0.2, 0.25) is 5.02 Å². The number of thioether (sulfide) groups is 1. The van der Waals surface area contributed by atoms with Crippen molar-refractivity contribution in [3.63, 3.8) is 0 Å². The molecule has 150 valence electrons. The Bertz CT molecular complexity index is 1020. The van der Waals surface area contributed by atoms with Gasteiger partial charge in [-0.05, 0) is 47.7 Å². The van der Waals surface area contributed by atoms with Crippen molar-refractivity contribution in [2.24, 2.45) is 4.99 Å². The van der Waals surface area contributed by atoms with Crippen molar-refractivity contribution in [2.75, 3.05) is 7.11 Å². The number of ether oxygens (including phenoxy) is 2. The first-order chi connectivity index (χ1) is 13.9. The second-order valence-electron chi connectivity index (χ2n) is 5.91. The molecule has 2 aromatic rings. The minimum Gasteiger partial charge on any atom is -0.493 e. The van der Waals surface area contributed by atoms with Gasteiger partial charge in [-0.25, -0.2) is 4.39 Å². The highest BCUT2D eigenvalue weighted by Crippen LogP contribution is 2.33. The van der Waals surface area contributed by atoms with Crippen LogP contribution < -0.4 is 14.8 Å². The molecule has 0 saturated carbocycles. The minimum absolute atomic E-state index is 0.0649. The lowest BCUT2D eigenvalue weighted by atomic mass is 10.2. The predicted molar refractivity (Wildman–Crippen MR) is 111 cm³/mol. The summed E-state index contributed by atoms with van der Waals surface area (Å²) in [7, 11) is 1.47. The van der Waals surface area contributed by atoms with Gasteiger partial charge in [0.2, 0.25) is 5.91 Å². The molecule has 29 heavy (non-hydrogen) atoms. The van der Waals surface area contributed by atoms with Gasteiger partial charge in [0.25, 0.3) is 5.91 Å². The van der Waals surface area contributed by atoms with Gasteiger partial charge in [0.05, 0.1) is 17.0 Å². The number of nitrogens with zero attached hydrogens (tertiary/aromatic N) is 1. The molecule has 1 heterocycles. The second-order valence-corrected chi connectivity index (χ2v) is 7.35. The number of methoxy groups -OCH3 is 1. The molecule has 0 unspecified atom stereocenters. The van der Waals surface area contributed by atoms with Crippen LogP contribution in [0.25, 0.3) is 6.08 Å². The molecule has 6 nitrogen and oxygen atoms in total. The van der Waals surface area contributed by atoms with Gasteiger partial charge < -0.3 is 14.8 Å². The zero-order valence-electron chi connectivity index (χ0n) is 15.5. The van der Waals surface area contributed by atoms with Gasteiger partial charge in [-0.1, -0.05) is 23.7 Å². The van der Waals surface area contributed by atoms with Crippen LogP contribution in [0.15, 0.2) is 46.3 Å². The summed E-state index contributed by atoms with van der Waals surface area (Å²) in [6.07, 6.45) is 1.63. The summed E-state index contributed by atoms with van der Waals surface area (Å²) < 4.78 is 24.9. The Morgan fingerprint density at radius 1 is 1.31 bits per heavy atom. The van der Waals surface area contributed by atoms with Crippen molar-refractivity contribution < 1.29 is 23.5 Å². The summed E-state index contributed by atoms with van der Waals surface area (Å²) in [5, 5.41) is 3.00. The molecule has 0 aromatic heterocycles. The van der Waals surface area contributed by atoms with Crippen LogP contribution in [0.3, 0.4) is 0 Å². The molecule has 1 aliphatic rings. The third-order valence-electron chi connectivity index (χ3n) is 3.82. The van der Waals surface area contributed by atoms with E-state index in [-0.39, 0.29) is 28.3 Å². The molecule has 0 bridgehead atoms. The summed E-state index contributed by atoms with van der Waals surface area (Å²) in [6.45, 7) is 1.28. The maximum absolute atomic E-state index is 13.9. The van der Waals surface area contributed by atoms with E-state index in [1.165, 1.54) is 26.2 Å². The van der Waals surface area contributed by atoms with Gasteiger partial charge in [0, 0.05) is 12.5 Å². The number of benzene rings is 2. The number of carbonyl (C=O) groups excluding carboxylic acids is 2. The number of hydrogen-bond acceptors (Lipinski definition) is 5. The zero-order valence-corrected chi connectivity index (χ0v) is 17.1. The SMILES string of the molecule is COc1cc(C=C2SC(NC(C)=O)=NC2=O)ccc1OCc1c(F)cccc1Cl. The first-order valence-corrected chi connectivity index (χ1v) is 9.60. The van der Waals surface area contributed by atoms with Gasteiger partial charge >= 0.3 is 0 Å². The number of nitrogens with one attached hydrogen (secondary N) is 1. The zero-order chi connectivity index (χ0) is 21.0. The Kier molecular flexibility index (Phi) is 6.56. The Labute approximate surface area is 175 Å². The second kappa shape index (κ2) is 9.11. The van der Waals surface area contributed by atoms with E-state index in [4.69, 9.17) is 21.1 Å². The van der Waals surface area contributed by atoms with E-state index in [0.29, 0.717) is 22.0 Å². The van der Waals surface area contributed by atoms with Crippen molar-refractivity contribution in [3.8, 4) is 11.5 Å². The van der Waals surface area contributed by atoms with E-state index >= 15 is 0 Å². The van der Waals surface area contributed by atoms with E-state index in [0.717, 1.165) is 11.8 Å². The fourth-order valence-electron chi connectivity index (χ4n) is 2.48. The highest BCUT2D eigenvalue weighted by Gasteiger charge is 2.22. The number of hydrogen-bond donors (Lipinski definition) is 1. The van der Waals surface area contributed by atoms with Gasteiger partial charge in [-0.15, -0.1) is 0 Å². The van der Waals surface area contributed by atoms with Gasteiger partial charge in [0.15, 0.2) is 16.7 Å². The Hall–Kier alpha value is -2.84. The molecule has 1 N–H and O–H groups in total. The lowest BCUT2D eigenvalue weighted by Gasteiger charge is -2.12. The van der Waals surface area contributed by atoms with E-state index < -0.39 is 11.7 Å². The number of carbonyl (C=O) groups is 2. The standard InChI is InChI=1S/C20H16ClFN2O4S/c1-11(25)23-20-24-19(26)18(29-20)9-12-6-7-16(17(8-12)27-2)28-10-13-14(21)4-3-5-15(13)22/h3-9H,10H2,1-2H3,(H,23,24,25,26). The molecule has 9 heteroatoms. The molecular weight excluding hydrogens is 419 g/mol. The highest BCUT2D eigenvalue weighted by molar-refractivity contribution is 8.18. The lowest BCUT2D eigenvalue weighted by Crippen LogP contribution is -2.23.